The van der Waals surface area contributed by atoms with Crippen LogP contribution in [0.4, 0.5) is 22.0 Å². The average molecular weight is 496 g/mol. The number of halogens is 5. The van der Waals surface area contributed by atoms with Gasteiger partial charge in [-0.15, -0.1) is 0 Å². The van der Waals surface area contributed by atoms with E-state index in [1.165, 1.54) is 6.92 Å². The summed E-state index contributed by atoms with van der Waals surface area (Å²) in [4.78, 5) is 7.78. The fourth-order valence-corrected chi connectivity index (χ4v) is 5.43. The SMILES string of the molecule is Cc1nc(C#N)ncc1-c1c(F)cc([C@H]2CC[C@H](F)c3cc(F)cc(C#N)c32)c2c1[C@H](O)C(F)(F)C2. The number of nitrogens with zero attached hydrogens (tertiary/aromatic N) is 4. The van der Waals surface area contributed by atoms with E-state index in [4.69, 9.17) is 5.26 Å². The van der Waals surface area contributed by atoms with Gasteiger partial charge in [-0.2, -0.15) is 10.5 Å². The number of aromatic nitrogens is 2. The van der Waals surface area contributed by atoms with Gasteiger partial charge in [-0.25, -0.2) is 31.9 Å². The molecule has 1 N–H and O–H groups in total. The van der Waals surface area contributed by atoms with Crippen LogP contribution in [-0.4, -0.2) is 21.0 Å². The van der Waals surface area contributed by atoms with Crippen LogP contribution in [0.1, 0.15) is 75.9 Å². The number of aliphatic hydroxyl groups is 1. The lowest BCUT2D eigenvalue weighted by molar-refractivity contribution is -0.0967. The minimum Gasteiger partial charge on any atom is -0.382 e. The van der Waals surface area contributed by atoms with Crippen LogP contribution in [0.2, 0.25) is 0 Å². The highest BCUT2D eigenvalue weighted by Crippen LogP contribution is 2.53. The molecule has 3 aromatic rings. The smallest absolute Gasteiger partial charge is 0.281 e. The minimum atomic E-state index is -3.62. The summed E-state index contributed by atoms with van der Waals surface area (Å²) in [6.45, 7) is 1.46. The summed E-state index contributed by atoms with van der Waals surface area (Å²) >= 11 is 0. The molecule has 2 aliphatic rings. The van der Waals surface area contributed by atoms with Gasteiger partial charge >= 0.3 is 0 Å². The van der Waals surface area contributed by atoms with E-state index in [9.17, 15) is 27.9 Å². The lowest BCUT2D eigenvalue weighted by atomic mass is 9.74. The van der Waals surface area contributed by atoms with E-state index in [0.29, 0.717) is 0 Å². The third kappa shape index (κ3) is 3.52. The summed E-state index contributed by atoms with van der Waals surface area (Å²) in [5.41, 5.74) is -0.466. The Labute approximate surface area is 202 Å². The summed E-state index contributed by atoms with van der Waals surface area (Å²) < 4.78 is 74.3. The molecule has 0 saturated heterocycles. The lowest BCUT2D eigenvalue weighted by Gasteiger charge is -2.31. The second kappa shape index (κ2) is 8.35. The molecule has 1 aromatic heterocycles. The molecule has 2 aromatic carbocycles. The predicted octanol–water partition coefficient (Wildman–Crippen LogP) is 5.63. The Bertz CT molecular complexity index is 1510. The molecule has 5 rings (SSSR count). The van der Waals surface area contributed by atoms with Crippen LogP contribution in [0.15, 0.2) is 24.4 Å². The molecule has 0 radical (unpaired) electrons. The molecule has 2 aliphatic carbocycles. The quantitative estimate of drug-likeness (QED) is 0.464. The zero-order chi connectivity index (χ0) is 25.9. The van der Waals surface area contributed by atoms with Gasteiger partial charge in [-0.1, -0.05) is 0 Å². The van der Waals surface area contributed by atoms with E-state index in [1.807, 2.05) is 6.07 Å². The van der Waals surface area contributed by atoms with Crippen molar-refractivity contribution in [2.45, 2.75) is 50.3 Å². The fraction of sp³-hybridized carbons (Fsp3) is 0.308. The van der Waals surface area contributed by atoms with Crippen molar-refractivity contribution in [1.82, 2.24) is 9.97 Å². The summed E-state index contributed by atoms with van der Waals surface area (Å²) in [5.74, 6) is -6.42. The zero-order valence-electron chi connectivity index (χ0n) is 18.8. The van der Waals surface area contributed by atoms with Crippen LogP contribution in [-0.2, 0) is 6.42 Å². The number of rotatable bonds is 2. The second-order valence-electron chi connectivity index (χ2n) is 9.03. The molecular weight excluding hydrogens is 479 g/mol. The highest BCUT2D eigenvalue weighted by molar-refractivity contribution is 5.74. The van der Waals surface area contributed by atoms with Gasteiger partial charge < -0.3 is 5.11 Å². The van der Waals surface area contributed by atoms with Crippen molar-refractivity contribution in [3.8, 4) is 23.3 Å². The molecule has 1 heterocycles. The lowest BCUT2D eigenvalue weighted by Crippen LogP contribution is -2.22. The maximum atomic E-state index is 15.8. The Morgan fingerprint density at radius 3 is 2.47 bits per heavy atom. The van der Waals surface area contributed by atoms with E-state index in [-0.39, 0.29) is 68.9 Å². The highest BCUT2D eigenvalue weighted by Gasteiger charge is 2.50. The van der Waals surface area contributed by atoms with Crippen molar-refractivity contribution >= 4 is 0 Å². The Kier molecular flexibility index (Phi) is 5.53. The van der Waals surface area contributed by atoms with Gasteiger partial charge in [0.2, 0.25) is 5.82 Å². The van der Waals surface area contributed by atoms with Gasteiger partial charge in [0.1, 0.15) is 30.0 Å². The Morgan fingerprint density at radius 1 is 1.06 bits per heavy atom. The third-order valence-corrected chi connectivity index (χ3v) is 6.97. The Morgan fingerprint density at radius 2 is 1.81 bits per heavy atom. The van der Waals surface area contributed by atoms with Gasteiger partial charge in [0.25, 0.3) is 5.92 Å². The first kappa shape index (κ1) is 23.8. The number of hydrogen-bond acceptors (Lipinski definition) is 5. The summed E-state index contributed by atoms with van der Waals surface area (Å²) in [7, 11) is 0. The number of hydrogen-bond donors (Lipinski definition) is 1. The number of benzene rings is 2. The van der Waals surface area contributed by atoms with E-state index in [2.05, 4.69) is 9.97 Å². The van der Waals surface area contributed by atoms with Gasteiger partial charge in [0.05, 0.1) is 17.3 Å². The number of alkyl halides is 3. The molecule has 3 atom stereocenters. The van der Waals surface area contributed by atoms with E-state index < -0.39 is 42.2 Å². The van der Waals surface area contributed by atoms with Crippen LogP contribution in [0, 0.1) is 41.2 Å². The summed E-state index contributed by atoms with van der Waals surface area (Å²) in [6.07, 6.45) is -3.68. The van der Waals surface area contributed by atoms with Crippen LogP contribution >= 0.6 is 0 Å². The van der Waals surface area contributed by atoms with Gasteiger partial charge in [-0.05, 0) is 60.2 Å². The van der Waals surface area contributed by atoms with E-state index in [1.54, 1.807) is 6.07 Å². The van der Waals surface area contributed by atoms with Crippen molar-refractivity contribution in [2.24, 2.45) is 0 Å². The number of aryl methyl sites for hydroxylation is 1. The normalized spacial score (nSPS) is 21.9. The molecule has 182 valence electrons. The van der Waals surface area contributed by atoms with Crippen LogP contribution in [0.3, 0.4) is 0 Å². The molecule has 0 spiro atoms. The molecule has 10 heteroatoms. The number of fused-ring (bicyclic) bond motifs is 2. The van der Waals surface area contributed by atoms with E-state index in [0.717, 1.165) is 24.4 Å². The van der Waals surface area contributed by atoms with Crippen molar-refractivity contribution in [3.63, 3.8) is 0 Å². The van der Waals surface area contributed by atoms with Crippen LogP contribution < -0.4 is 0 Å². The van der Waals surface area contributed by atoms with Crippen molar-refractivity contribution in [1.29, 1.82) is 10.5 Å². The predicted molar refractivity (Wildman–Crippen MR) is 117 cm³/mol. The molecule has 0 aliphatic heterocycles. The average Bonchev–Trinajstić information content (AvgIpc) is 3.08. The first-order chi connectivity index (χ1) is 17.1. The highest BCUT2D eigenvalue weighted by atomic mass is 19.3. The molecule has 5 nitrogen and oxygen atoms in total. The summed E-state index contributed by atoms with van der Waals surface area (Å²) in [6, 6.07) is 6.55. The van der Waals surface area contributed by atoms with E-state index >= 15 is 4.39 Å². The maximum Gasteiger partial charge on any atom is 0.281 e. The molecule has 0 amide bonds. The van der Waals surface area contributed by atoms with Crippen molar-refractivity contribution in [2.75, 3.05) is 0 Å². The first-order valence-corrected chi connectivity index (χ1v) is 11.1. The van der Waals surface area contributed by atoms with Crippen LogP contribution in [0.25, 0.3) is 11.1 Å². The molecule has 0 saturated carbocycles. The second-order valence-corrected chi connectivity index (χ2v) is 9.03. The largest absolute Gasteiger partial charge is 0.382 e. The Hall–Kier alpha value is -3.89. The Balaban J connectivity index is 1.79. The van der Waals surface area contributed by atoms with Gasteiger partial charge in [0.15, 0.2) is 0 Å². The number of aliphatic hydroxyl groups excluding tert-OH is 1. The fourth-order valence-electron chi connectivity index (χ4n) is 5.43. The van der Waals surface area contributed by atoms with Crippen molar-refractivity contribution in [3.05, 3.63) is 80.9 Å². The maximum absolute atomic E-state index is 15.8. The monoisotopic (exact) mass is 496 g/mol. The third-order valence-electron chi connectivity index (χ3n) is 6.97. The standard InChI is InChI=1S/C26H17F5N4O/c1-11-18(10-34-21(9-33)35-11)23-20(29)6-15(17-7-26(30,31)25(36)24(17)23)14-2-3-19(28)16-5-13(27)4-12(8-32)22(14)16/h4-6,10,14,19,25,36H,2-3,7H2,1H3/t14-,19+,25+/m1/s1. The molecule has 0 fully saturated rings. The first-order valence-electron chi connectivity index (χ1n) is 11.1. The molecular formula is C26H17F5N4O. The molecule has 36 heavy (non-hydrogen) atoms. The minimum absolute atomic E-state index is 0.0193. The summed E-state index contributed by atoms with van der Waals surface area (Å²) in [5, 5.41) is 29.2. The van der Waals surface area contributed by atoms with Gasteiger partial charge in [0, 0.05) is 35.2 Å². The van der Waals surface area contributed by atoms with Crippen molar-refractivity contribution < 1.29 is 27.1 Å². The van der Waals surface area contributed by atoms with Gasteiger partial charge in [-0.3, -0.25) is 0 Å². The topological polar surface area (TPSA) is 93.6 Å². The van der Waals surface area contributed by atoms with Crippen LogP contribution in [0.5, 0.6) is 0 Å². The molecule has 0 unspecified atom stereocenters. The number of nitriles is 2. The zero-order valence-corrected chi connectivity index (χ0v) is 18.8. The molecule has 0 bridgehead atoms.